The topological polar surface area (TPSA) is 69.9 Å². The Balaban J connectivity index is 1.65. The number of hydrogen-bond donors (Lipinski definition) is 3. The van der Waals surface area contributed by atoms with E-state index in [-0.39, 0.29) is 6.61 Å². The molecule has 0 spiro atoms. The highest BCUT2D eigenvalue weighted by Crippen LogP contribution is 2.58. The molecule has 2 bridgehead atoms. The van der Waals surface area contributed by atoms with Crippen molar-refractivity contribution in [1.82, 2.24) is 0 Å². The average molecular weight is 385 g/mol. The van der Waals surface area contributed by atoms with Crippen molar-refractivity contribution in [3.8, 4) is 0 Å². The molecule has 0 radical (unpaired) electrons. The molecule has 0 heterocycles. The highest BCUT2D eigenvalue weighted by molar-refractivity contribution is 4.99. The van der Waals surface area contributed by atoms with E-state index in [4.69, 9.17) is 9.84 Å². The van der Waals surface area contributed by atoms with E-state index < -0.39 is 11.7 Å². The third kappa shape index (κ3) is 6.69. The van der Waals surface area contributed by atoms with Gasteiger partial charge in [0.15, 0.2) is 0 Å². The van der Waals surface area contributed by atoms with Crippen molar-refractivity contribution in [1.29, 1.82) is 0 Å². The van der Waals surface area contributed by atoms with Crippen molar-refractivity contribution < 1.29 is 20.1 Å². The zero-order valence-corrected chi connectivity index (χ0v) is 17.8. The van der Waals surface area contributed by atoms with Crippen molar-refractivity contribution in [2.75, 3.05) is 19.8 Å². The van der Waals surface area contributed by atoms with Crippen LogP contribution in [0.5, 0.6) is 0 Å². The predicted molar refractivity (Wildman–Crippen MR) is 110 cm³/mol. The van der Waals surface area contributed by atoms with Gasteiger partial charge >= 0.3 is 0 Å². The number of aliphatic hydroxyl groups is 3. The van der Waals surface area contributed by atoms with Crippen LogP contribution in [0.4, 0.5) is 0 Å². The molecule has 1 unspecified atom stereocenters. The first-order valence-electron chi connectivity index (χ1n) is 11.5. The molecular weight excluding hydrogens is 340 g/mol. The Kier molecular flexibility index (Phi) is 9.05. The summed E-state index contributed by atoms with van der Waals surface area (Å²) >= 11 is 0. The molecule has 3 rings (SSSR count). The van der Waals surface area contributed by atoms with Gasteiger partial charge in [-0.15, -0.1) is 0 Å². The fraction of sp³-hybridized carbons (Fsp3) is 1.00. The van der Waals surface area contributed by atoms with Crippen molar-refractivity contribution in [2.45, 2.75) is 115 Å². The van der Waals surface area contributed by atoms with E-state index in [0.29, 0.717) is 30.3 Å². The van der Waals surface area contributed by atoms with Gasteiger partial charge in [0.05, 0.1) is 18.3 Å². The number of rotatable bonds is 14. The Labute approximate surface area is 166 Å². The second-order valence-corrected chi connectivity index (χ2v) is 9.65. The van der Waals surface area contributed by atoms with Crippen LogP contribution in [-0.4, -0.2) is 46.8 Å². The smallest absolute Gasteiger partial charge is 0.0642 e. The van der Waals surface area contributed by atoms with Gasteiger partial charge in [-0.25, -0.2) is 0 Å². The first kappa shape index (κ1) is 23.1. The maximum atomic E-state index is 10.5. The Morgan fingerprint density at radius 3 is 2.07 bits per heavy atom. The summed E-state index contributed by atoms with van der Waals surface area (Å²) in [6, 6.07) is 0. The van der Waals surface area contributed by atoms with E-state index in [1.54, 1.807) is 0 Å². The molecule has 3 fully saturated rings. The molecule has 0 aliphatic heterocycles. The zero-order valence-electron chi connectivity index (χ0n) is 17.8. The van der Waals surface area contributed by atoms with Crippen molar-refractivity contribution >= 4 is 0 Å². The molecule has 0 amide bonds. The summed E-state index contributed by atoms with van der Waals surface area (Å²) in [6.07, 6.45) is 15.0. The van der Waals surface area contributed by atoms with Crippen molar-refractivity contribution in [3.63, 3.8) is 0 Å². The van der Waals surface area contributed by atoms with Gasteiger partial charge in [-0.3, -0.25) is 0 Å². The molecule has 0 aromatic heterocycles. The van der Waals surface area contributed by atoms with Crippen LogP contribution in [0.2, 0.25) is 0 Å². The summed E-state index contributed by atoms with van der Waals surface area (Å²) in [5, 5.41) is 29.0. The van der Waals surface area contributed by atoms with Gasteiger partial charge in [0.25, 0.3) is 0 Å². The summed E-state index contributed by atoms with van der Waals surface area (Å²) < 4.78 is 5.93. The molecule has 3 N–H and O–H groups in total. The lowest BCUT2D eigenvalue weighted by atomic mass is 9.53. The van der Waals surface area contributed by atoms with Crippen LogP contribution in [0.1, 0.15) is 104 Å². The Morgan fingerprint density at radius 2 is 1.52 bits per heavy atom. The number of fused-ring (bicyclic) bond motifs is 3. The predicted octanol–water partition coefficient (Wildman–Crippen LogP) is 4.59. The minimum atomic E-state index is -0.436. The summed E-state index contributed by atoms with van der Waals surface area (Å²) in [5.74, 6) is 0. The Morgan fingerprint density at radius 1 is 0.926 bits per heavy atom. The van der Waals surface area contributed by atoms with Crippen molar-refractivity contribution in [3.05, 3.63) is 0 Å². The van der Waals surface area contributed by atoms with Crippen LogP contribution in [0, 0.1) is 10.8 Å². The Hall–Kier alpha value is -0.160. The minimum Gasteiger partial charge on any atom is -0.396 e. The second-order valence-electron chi connectivity index (χ2n) is 9.65. The maximum absolute atomic E-state index is 10.5. The first-order chi connectivity index (χ1) is 12.9. The monoisotopic (exact) mass is 384 g/mol. The molecular formula is C23H44O4. The standard InChI is InChI=1S/C23H44O4/c1-3-23(26,4-2)10-6-5-9-21-11-14-22(15-12-21,16-13-21)19-27-18-8-20(25)7-17-24/h20,24-26H,3-19H2,1-2H3. The molecule has 3 saturated carbocycles. The number of unbranched alkanes of at least 4 members (excludes halogenated alkanes) is 1. The third-order valence-corrected chi connectivity index (χ3v) is 7.94. The lowest BCUT2D eigenvalue weighted by Gasteiger charge is -2.53. The Bertz CT molecular complexity index is 394. The van der Waals surface area contributed by atoms with Gasteiger partial charge in [0, 0.05) is 13.2 Å². The van der Waals surface area contributed by atoms with Crippen molar-refractivity contribution in [2.24, 2.45) is 10.8 Å². The lowest BCUT2D eigenvalue weighted by Crippen LogP contribution is -2.44. The van der Waals surface area contributed by atoms with Crippen LogP contribution in [0.3, 0.4) is 0 Å². The third-order valence-electron chi connectivity index (χ3n) is 7.94. The largest absolute Gasteiger partial charge is 0.396 e. The van der Waals surface area contributed by atoms with Gasteiger partial charge < -0.3 is 20.1 Å². The molecule has 1 atom stereocenters. The summed E-state index contributed by atoms with van der Waals surface area (Å²) in [6.45, 7) is 5.68. The van der Waals surface area contributed by atoms with Crippen LogP contribution < -0.4 is 0 Å². The highest BCUT2D eigenvalue weighted by Gasteiger charge is 2.48. The summed E-state index contributed by atoms with van der Waals surface area (Å²) in [5.41, 5.74) is 0.512. The molecule has 4 nitrogen and oxygen atoms in total. The molecule has 4 heteroatoms. The molecule has 3 aliphatic carbocycles. The van der Waals surface area contributed by atoms with Crippen LogP contribution >= 0.6 is 0 Å². The van der Waals surface area contributed by atoms with Gasteiger partial charge in [0.2, 0.25) is 0 Å². The van der Waals surface area contributed by atoms with E-state index in [1.807, 2.05) is 0 Å². The van der Waals surface area contributed by atoms with Crippen LogP contribution in [-0.2, 0) is 4.74 Å². The number of hydrogen-bond acceptors (Lipinski definition) is 4. The fourth-order valence-corrected chi connectivity index (χ4v) is 5.29. The minimum absolute atomic E-state index is 0.0450. The van der Waals surface area contributed by atoms with Gasteiger partial charge in [0.1, 0.15) is 0 Å². The zero-order chi connectivity index (χ0) is 19.8. The molecule has 0 aromatic carbocycles. The maximum Gasteiger partial charge on any atom is 0.0642 e. The average Bonchev–Trinajstić information content (AvgIpc) is 2.70. The molecule has 3 aliphatic rings. The fourth-order valence-electron chi connectivity index (χ4n) is 5.29. The second kappa shape index (κ2) is 10.6. The quantitative estimate of drug-likeness (QED) is 0.383. The van der Waals surface area contributed by atoms with E-state index in [9.17, 15) is 10.2 Å². The van der Waals surface area contributed by atoms with E-state index in [1.165, 1.54) is 51.4 Å². The van der Waals surface area contributed by atoms with Gasteiger partial charge in [-0.2, -0.15) is 0 Å². The highest BCUT2D eigenvalue weighted by atomic mass is 16.5. The van der Waals surface area contributed by atoms with E-state index in [0.717, 1.165) is 32.3 Å². The molecule has 160 valence electrons. The summed E-state index contributed by atoms with van der Waals surface area (Å²) in [4.78, 5) is 0. The lowest BCUT2D eigenvalue weighted by molar-refractivity contribution is -0.0717. The van der Waals surface area contributed by atoms with E-state index in [2.05, 4.69) is 13.8 Å². The molecule has 0 aromatic rings. The normalized spacial score (nSPS) is 29.2. The molecule has 27 heavy (non-hydrogen) atoms. The van der Waals surface area contributed by atoms with Gasteiger partial charge in [-0.1, -0.05) is 26.7 Å². The molecule has 0 saturated heterocycles. The van der Waals surface area contributed by atoms with Gasteiger partial charge in [-0.05, 0) is 87.9 Å². The SMILES string of the molecule is CCC(O)(CC)CCCCC12CCC(COCCC(O)CCO)(CC1)CC2. The summed E-state index contributed by atoms with van der Waals surface area (Å²) in [7, 11) is 0. The number of ether oxygens (including phenoxy) is 1. The van der Waals surface area contributed by atoms with Crippen LogP contribution in [0.15, 0.2) is 0 Å². The first-order valence-corrected chi connectivity index (χ1v) is 11.5. The van der Waals surface area contributed by atoms with Crippen LogP contribution in [0.25, 0.3) is 0 Å². The number of aliphatic hydroxyl groups excluding tert-OH is 2. The van der Waals surface area contributed by atoms with E-state index >= 15 is 0 Å².